The van der Waals surface area contributed by atoms with Crippen LogP contribution in [0, 0.1) is 0 Å². The zero-order valence-corrected chi connectivity index (χ0v) is 20.2. The molecule has 0 saturated heterocycles. The van der Waals surface area contributed by atoms with Crippen molar-refractivity contribution in [2.75, 3.05) is 20.2 Å². The molecule has 1 N–H and O–H groups in total. The van der Waals surface area contributed by atoms with Gasteiger partial charge >= 0.3 is 0 Å². The molecule has 0 saturated carbocycles. The molecule has 3 rings (SSSR count). The highest BCUT2D eigenvalue weighted by Gasteiger charge is 2.26. The third kappa shape index (κ3) is 7.00. The van der Waals surface area contributed by atoms with Crippen LogP contribution in [0.1, 0.15) is 23.6 Å². The number of nitrogens with zero attached hydrogens (tertiary/aromatic N) is 2. The Morgan fingerprint density at radius 2 is 1.65 bits per heavy atom. The van der Waals surface area contributed by atoms with Crippen molar-refractivity contribution in [3.05, 3.63) is 95.6 Å². The number of carbonyl (C=O) groups excluding carboxylic acids is 1. The van der Waals surface area contributed by atoms with Crippen LogP contribution in [0.4, 0.5) is 0 Å². The van der Waals surface area contributed by atoms with Crippen molar-refractivity contribution in [3.63, 3.8) is 0 Å². The zero-order chi connectivity index (χ0) is 24.4. The second-order valence-corrected chi connectivity index (χ2v) is 9.58. The van der Waals surface area contributed by atoms with Gasteiger partial charge in [0.25, 0.3) is 5.91 Å². The average molecular weight is 480 g/mol. The number of hydrazone groups is 1. The van der Waals surface area contributed by atoms with Crippen molar-refractivity contribution in [2.45, 2.75) is 24.7 Å². The molecule has 0 radical (unpaired) electrons. The number of sulfonamides is 1. The van der Waals surface area contributed by atoms with E-state index in [0.717, 1.165) is 17.5 Å². The lowest BCUT2D eigenvalue weighted by atomic mass is 10.1. The minimum atomic E-state index is -3.91. The van der Waals surface area contributed by atoms with E-state index in [1.165, 1.54) is 35.3 Å². The van der Waals surface area contributed by atoms with Crippen LogP contribution >= 0.6 is 0 Å². The molecule has 7 nitrogen and oxygen atoms in total. The van der Waals surface area contributed by atoms with E-state index < -0.39 is 15.9 Å². The SMILES string of the molecule is CCc1ccc(/C=N\NC(=O)CN(CCc2ccccc2)S(=O)(=O)c2ccc(OC)cc2)cc1. The van der Waals surface area contributed by atoms with Gasteiger partial charge in [-0.3, -0.25) is 4.79 Å². The van der Waals surface area contributed by atoms with Crippen LogP contribution in [0.5, 0.6) is 5.75 Å². The summed E-state index contributed by atoms with van der Waals surface area (Å²) in [5, 5.41) is 3.98. The van der Waals surface area contributed by atoms with Crippen molar-refractivity contribution < 1.29 is 17.9 Å². The molecule has 34 heavy (non-hydrogen) atoms. The average Bonchev–Trinajstić information content (AvgIpc) is 2.87. The third-order valence-corrected chi connectivity index (χ3v) is 7.16. The first-order valence-electron chi connectivity index (χ1n) is 11.0. The van der Waals surface area contributed by atoms with Crippen molar-refractivity contribution in [1.29, 1.82) is 0 Å². The number of benzene rings is 3. The first-order chi connectivity index (χ1) is 16.4. The zero-order valence-electron chi connectivity index (χ0n) is 19.3. The number of hydrogen-bond donors (Lipinski definition) is 1. The largest absolute Gasteiger partial charge is 0.497 e. The fourth-order valence-electron chi connectivity index (χ4n) is 3.29. The summed E-state index contributed by atoms with van der Waals surface area (Å²) in [7, 11) is -2.40. The van der Waals surface area contributed by atoms with E-state index in [9.17, 15) is 13.2 Å². The summed E-state index contributed by atoms with van der Waals surface area (Å²) < 4.78 is 32.9. The molecule has 8 heteroatoms. The number of rotatable bonds is 11. The van der Waals surface area contributed by atoms with Crippen molar-refractivity contribution >= 4 is 22.1 Å². The normalized spacial score (nSPS) is 11.6. The molecule has 3 aromatic rings. The summed E-state index contributed by atoms with van der Waals surface area (Å²) in [5.41, 5.74) is 5.46. The number of carbonyl (C=O) groups is 1. The van der Waals surface area contributed by atoms with E-state index in [-0.39, 0.29) is 18.0 Å². The van der Waals surface area contributed by atoms with Crippen LogP contribution in [0.3, 0.4) is 0 Å². The van der Waals surface area contributed by atoms with Crippen LogP contribution in [-0.2, 0) is 27.7 Å². The third-order valence-electron chi connectivity index (χ3n) is 5.30. The summed E-state index contributed by atoms with van der Waals surface area (Å²) in [5.74, 6) is 0.0282. The van der Waals surface area contributed by atoms with Gasteiger partial charge < -0.3 is 4.74 Å². The monoisotopic (exact) mass is 479 g/mol. The molecule has 0 aromatic heterocycles. The highest BCUT2D eigenvalue weighted by Crippen LogP contribution is 2.20. The Hall–Kier alpha value is -3.49. The predicted molar refractivity (Wildman–Crippen MR) is 133 cm³/mol. The van der Waals surface area contributed by atoms with E-state index in [1.54, 1.807) is 12.1 Å². The molecular formula is C26H29N3O4S. The van der Waals surface area contributed by atoms with Crippen LogP contribution < -0.4 is 10.2 Å². The molecule has 0 aliphatic rings. The van der Waals surface area contributed by atoms with Gasteiger partial charge in [-0.25, -0.2) is 13.8 Å². The highest BCUT2D eigenvalue weighted by molar-refractivity contribution is 7.89. The maximum atomic E-state index is 13.3. The maximum absolute atomic E-state index is 13.3. The quantitative estimate of drug-likeness (QED) is 0.336. The molecule has 0 aliphatic carbocycles. The molecule has 0 bridgehead atoms. The molecule has 0 heterocycles. The van der Waals surface area contributed by atoms with E-state index in [1.807, 2.05) is 54.6 Å². The number of ether oxygens (including phenoxy) is 1. The van der Waals surface area contributed by atoms with Gasteiger partial charge in [0.15, 0.2) is 0 Å². The molecule has 0 fully saturated rings. The van der Waals surface area contributed by atoms with Gasteiger partial charge in [-0.05, 0) is 53.8 Å². The number of hydrogen-bond acceptors (Lipinski definition) is 5. The Kier molecular flexibility index (Phi) is 8.95. The van der Waals surface area contributed by atoms with Crippen LogP contribution in [0.2, 0.25) is 0 Å². The van der Waals surface area contributed by atoms with Gasteiger partial charge in [-0.2, -0.15) is 9.41 Å². The highest BCUT2D eigenvalue weighted by atomic mass is 32.2. The Labute approximate surface area is 201 Å². The number of aryl methyl sites for hydroxylation is 1. The topological polar surface area (TPSA) is 88.1 Å². The standard InChI is InChI=1S/C26H29N3O4S/c1-3-21-9-11-23(12-10-21)19-27-28-26(30)20-29(18-17-22-7-5-4-6-8-22)34(31,32)25-15-13-24(33-2)14-16-25/h4-16,19H,3,17-18,20H2,1-2H3,(H,28,30)/b27-19-. The van der Waals surface area contributed by atoms with Crippen molar-refractivity contribution in [1.82, 2.24) is 9.73 Å². The van der Waals surface area contributed by atoms with E-state index in [2.05, 4.69) is 17.5 Å². The number of nitrogens with one attached hydrogen (secondary N) is 1. The van der Waals surface area contributed by atoms with Crippen LogP contribution in [0.25, 0.3) is 0 Å². The predicted octanol–water partition coefficient (Wildman–Crippen LogP) is 3.64. The van der Waals surface area contributed by atoms with Gasteiger partial charge in [-0.15, -0.1) is 0 Å². The van der Waals surface area contributed by atoms with E-state index in [0.29, 0.717) is 12.2 Å². The summed E-state index contributed by atoms with van der Waals surface area (Å²) in [6.45, 7) is 1.87. The fourth-order valence-corrected chi connectivity index (χ4v) is 4.69. The molecular weight excluding hydrogens is 450 g/mol. The molecule has 0 atom stereocenters. The molecule has 0 unspecified atom stereocenters. The smallest absolute Gasteiger partial charge is 0.255 e. The molecule has 178 valence electrons. The number of methoxy groups -OCH3 is 1. The fraction of sp³-hybridized carbons (Fsp3) is 0.231. The van der Waals surface area contributed by atoms with Gasteiger partial charge in [-0.1, -0.05) is 61.5 Å². The molecule has 1 amide bonds. The van der Waals surface area contributed by atoms with E-state index in [4.69, 9.17) is 4.74 Å². The minimum absolute atomic E-state index is 0.0914. The van der Waals surface area contributed by atoms with Crippen LogP contribution in [-0.4, -0.2) is 45.0 Å². The lowest BCUT2D eigenvalue weighted by molar-refractivity contribution is -0.121. The Morgan fingerprint density at radius 3 is 2.26 bits per heavy atom. The van der Waals surface area contributed by atoms with Gasteiger partial charge in [0, 0.05) is 6.54 Å². The van der Waals surface area contributed by atoms with E-state index >= 15 is 0 Å². The Bertz CT molecular complexity index is 1190. The minimum Gasteiger partial charge on any atom is -0.497 e. The first-order valence-corrected chi connectivity index (χ1v) is 12.5. The van der Waals surface area contributed by atoms with Gasteiger partial charge in [0.1, 0.15) is 5.75 Å². The lowest BCUT2D eigenvalue weighted by Crippen LogP contribution is -2.40. The lowest BCUT2D eigenvalue weighted by Gasteiger charge is -2.21. The molecule has 3 aromatic carbocycles. The van der Waals surface area contributed by atoms with Gasteiger partial charge in [0.05, 0.1) is 24.8 Å². The van der Waals surface area contributed by atoms with Crippen molar-refractivity contribution in [2.24, 2.45) is 5.10 Å². The summed E-state index contributed by atoms with van der Waals surface area (Å²) in [6, 6.07) is 23.5. The van der Waals surface area contributed by atoms with Crippen molar-refractivity contribution in [3.8, 4) is 5.75 Å². The Balaban J connectivity index is 1.72. The first kappa shape index (κ1) is 25.1. The van der Waals surface area contributed by atoms with Gasteiger partial charge in [0.2, 0.25) is 10.0 Å². The second-order valence-electron chi connectivity index (χ2n) is 7.64. The summed E-state index contributed by atoms with van der Waals surface area (Å²) >= 11 is 0. The summed E-state index contributed by atoms with van der Waals surface area (Å²) in [4.78, 5) is 12.7. The Morgan fingerprint density at radius 1 is 0.971 bits per heavy atom. The molecule has 0 spiro atoms. The molecule has 0 aliphatic heterocycles. The maximum Gasteiger partial charge on any atom is 0.255 e. The second kappa shape index (κ2) is 12.1. The summed E-state index contributed by atoms with van der Waals surface area (Å²) in [6.07, 6.45) is 2.94. The van der Waals surface area contributed by atoms with Crippen LogP contribution in [0.15, 0.2) is 88.9 Å². The number of amides is 1.